The highest BCUT2D eigenvalue weighted by atomic mass is 16.5. The topological polar surface area (TPSA) is 43.2 Å². The van der Waals surface area contributed by atoms with Crippen LogP contribution in [0.25, 0.3) is 11.2 Å². The van der Waals surface area contributed by atoms with E-state index in [2.05, 4.69) is 27.6 Å². The predicted octanol–water partition coefficient (Wildman–Crippen LogP) is 2.67. The van der Waals surface area contributed by atoms with Crippen molar-refractivity contribution in [2.45, 2.75) is 38.1 Å². The Labute approximate surface area is 137 Å². The number of ether oxygens (including phenoxy) is 1. The van der Waals surface area contributed by atoms with Gasteiger partial charge in [0, 0.05) is 25.3 Å². The Hall–Kier alpha value is -1.46. The van der Waals surface area contributed by atoms with Gasteiger partial charge in [0.2, 0.25) is 0 Å². The summed E-state index contributed by atoms with van der Waals surface area (Å²) < 4.78 is 8.10. The molecular formula is C18H26N4O. The summed E-state index contributed by atoms with van der Waals surface area (Å²) in [5.41, 5.74) is 2.08. The molecule has 0 radical (unpaired) electrons. The van der Waals surface area contributed by atoms with Crippen LogP contribution in [-0.2, 0) is 11.3 Å². The Morgan fingerprint density at radius 2 is 2.13 bits per heavy atom. The molecule has 2 aliphatic rings. The lowest BCUT2D eigenvalue weighted by Crippen LogP contribution is -2.32. The first-order valence-electron chi connectivity index (χ1n) is 8.88. The van der Waals surface area contributed by atoms with Gasteiger partial charge < -0.3 is 14.2 Å². The van der Waals surface area contributed by atoms with Crippen molar-refractivity contribution >= 4 is 11.2 Å². The number of imidazole rings is 1. The van der Waals surface area contributed by atoms with E-state index >= 15 is 0 Å². The molecule has 0 bridgehead atoms. The molecule has 2 saturated heterocycles. The fourth-order valence-electron chi connectivity index (χ4n) is 3.91. The van der Waals surface area contributed by atoms with Gasteiger partial charge >= 0.3 is 0 Å². The highest BCUT2D eigenvalue weighted by molar-refractivity contribution is 5.71. The summed E-state index contributed by atoms with van der Waals surface area (Å²) in [6, 6.07) is 4.07. The van der Waals surface area contributed by atoms with Gasteiger partial charge in [-0.1, -0.05) is 0 Å². The van der Waals surface area contributed by atoms with Crippen molar-refractivity contribution in [1.82, 2.24) is 19.4 Å². The summed E-state index contributed by atoms with van der Waals surface area (Å²) in [5, 5.41) is 0. The second-order valence-electron chi connectivity index (χ2n) is 7.09. The first kappa shape index (κ1) is 15.1. The summed E-state index contributed by atoms with van der Waals surface area (Å²) in [4.78, 5) is 12.0. The van der Waals surface area contributed by atoms with Gasteiger partial charge in [-0.2, -0.15) is 0 Å². The molecule has 1 unspecified atom stereocenters. The lowest BCUT2D eigenvalue weighted by molar-refractivity contribution is 0.0766. The van der Waals surface area contributed by atoms with E-state index in [9.17, 15) is 0 Å². The molecule has 2 fully saturated rings. The highest BCUT2D eigenvalue weighted by Gasteiger charge is 2.26. The van der Waals surface area contributed by atoms with Gasteiger partial charge in [-0.25, -0.2) is 9.97 Å². The molecule has 5 heteroatoms. The van der Waals surface area contributed by atoms with E-state index in [1.165, 1.54) is 38.2 Å². The molecule has 2 aromatic heterocycles. The molecule has 0 aromatic carbocycles. The molecule has 0 amide bonds. The number of piperidine rings is 1. The average molecular weight is 314 g/mol. The Morgan fingerprint density at radius 1 is 1.26 bits per heavy atom. The third-order valence-electron chi connectivity index (χ3n) is 5.34. The molecule has 0 spiro atoms. The first-order chi connectivity index (χ1) is 11.3. The third-order valence-corrected chi connectivity index (χ3v) is 5.34. The van der Waals surface area contributed by atoms with Crippen molar-refractivity contribution in [3.05, 3.63) is 24.2 Å². The van der Waals surface area contributed by atoms with E-state index in [0.29, 0.717) is 5.92 Å². The van der Waals surface area contributed by atoms with Crippen LogP contribution in [0.2, 0.25) is 0 Å². The zero-order chi connectivity index (χ0) is 15.6. The van der Waals surface area contributed by atoms with Crippen LogP contribution < -0.4 is 0 Å². The SMILES string of the molecule is CN1CCC(Cn2c(C3CCCOC3)nc3cccnc32)CC1. The van der Waals surface area contributed by atoms with Crippen molar-refractivity contribution < 1.29 is 4.74 Å². The minimum atomic E-state index is 0.421. The van der Waals surface area contributed by atoms with Crippen molar-refractivity contribution in [3.63, 3.8) is 0 Å². The smallest absolute Gasteiger partial charge is 0.160 e. The minimum Gasteiger partial charge on any atom is -0.381 e. The maximum atomic E-state index is 5.71. The second kappa shape index (κ2) is 6.57. The van der Waals surface area contributed by atoms with Crippen LogP contribution in [0, 0.1) is 5.92 Å². The lowest BCUT2D eigenvalue weighted by Gasteiger charge is -2.30. The Kier molecular flexibility index (Phi) is 4.31. The van der Waals surface area contributed by atoms with E-state index < -0.39 is 0 Å². The van der Waals surface area contributed by atoms with Crippen LogP contribution in [-0.4, -0.2) is 52.8 Å². The summed E-state index contributed by atoms with van der Waals surface area (Å²) in [7, 11) is 2.22. The lowest BCUT2D eigenvalue weighted by atomic mass is 9.96. The van der Waals surface area contributed by atoms with Crippen LogP contribution in [0.5, 0.6) is 0 Å². The van der Waals surface area contributed by atoms with E-state index in [1.54, 1.807) is 0 Å². The number of pyridine rings is 1. The maximum Gasteiger partial charge on any atom is 0.160 e. The average Bonchev–Trinajstić information content (AvgIpc) is 2.96. The predicted molar refractivity (Wildman–Crippen MR) is 90.5 cm³/mol. The van der Waals surface area contributed by atoms with Crippen LogP contribution in [0.4, 0.5) is 0 Å². The summed E-state index contributed by atoms with van der Waals surface area (Å²) in [6.45, 7) is 5.15. The quantitative estimate of drug-likeness (QED) is 0.873. The minimum absolute atomic E-state index is 0.421. The molecule has 2 aromatic rings. The number of likely N-dealkylation sites (tertiary alicyclic amines) is 1. The van der Waals surface area contributed by atoms with Gasteiger partial charge in [-0.3, -0.25) is 0 Å². The Morgan fingerprint density at radius 3 is 2.91 bits per heavy atom. The van der Waals surface area contributed by atoms with Crippen LogP contribution in [0.1, 0.15) is 37.4 Å². The summed E-state index contributed by atoms with van der Waals surface area (Å²) in [6.07, 6.45) is 6.73. The summed E-state index contributed by atoms with van der Waals surface area (Å²) in [5.74, 6) is 2.34. The van der Waals surface area contributed by atoms with Crippen molar-refractivity contribution in [1.29, 1.82) is 0 Å². The molecule has 0 aliphatic carbocycles. The highest BCUT2D eigenvalue weighted by Crippen LogP contribution is 2.29. The van der Waals surface area contributed by atoms with Gasteiger partial charge in [-0.15, -0.1) is 0 Å². The third kappa shape index (κ3) is 3.12. The molecule has 23 heavy (non-hydrogen) atoms. The maximum absolute atomic E-state index is 5.71. The molecule has 0 N–H and O–H groups in total. The van der Waals surface area contributed by atoms with Gasteiger partial charge in [0.05, 0.1) is 6.61 Å². The van der Waals surface area contributed by atoms with Crippen molar-refractivity contribution in [2.24, 2.45) is 5.92 Å². The first-order valence-corrected chi connectivity index (χ1v) is 8.88. The van der Waals surface area contributed by atoms with E-state index in [1.807, 2.05) is 12.3 Å². The molecule has 4 rings (SSSR count). The molecule has 0 saturated carbocycles. The number of aromatic nitrogens is 3. The van der Waals surface area contributed by atoms with Crippen molar-refractivity contribution in [3.8, 4) is 0 Å². The molecule has 124 valence electrons. The molecule has 4 heterocycles. The van der Waals surface area contributed by atoms with Crippen LogP contribution in [0.15, 0.2) is 18.3 Å². The van der Waals surface area contributed by atoms with Gasteiger partial charge in [0.1, 0.15) is 11.3 Å². The van der Waals surface area contributed by atoms with Crippen LogP contribution >= 0.6 is 0 Å². The van der Waals surface area contributed by atoms with Gasteiger partial charge in [0.15, 0.2) is 5.65 Å². The Balaban J connectivity index is 1.65. The number of rotatable bonds is 3. The molecular weight excluding hydrogens is 288 g/mol. The molecule has 1 atom stereocenters. The fourth-order valence-corrected chi connectivity index (χ4v) is 3.91. The number of fused-ring (bicyclic) bond motifs is 1. The van der Waals surface area contributed by atoms with E-state index in [0.717, 1.165) is 43.3 Å². The standard InChI is InChI=1S/C18H26N4O/c1-21-9-6-14(7-10-21)12-22-17(15-4-3-11-23-13-15)20-16-5-2-8-19-18(16)22/h2,5,8,14-15H,3-4,6-7,9-13H2,1H3. The number of hydrogen-bond acceptors (Lipinski definition) is 4. The van der Waals surface area contributed by atoms with Gasteiger partial charge in [-0.05, 0) is 63.9 Å². The Bertz CT molecular complexity index is 654. The second-order valence-corrected chi connectivity index (χ2v) is 7.09. The van der Waals surface area contributed by atoms with E-state index in [-0.39, 0.29) is 0 Å². The zero-order valence-electron chi connectivity index (χ0n) is 13.9. The van der Waals surface area contributed by atoms with Crippen LogP contribution in [0.3, 0.4) is 0 Å². The van der Waals surface area contributed by atoms with Gasteiger partial charge in [0.25, 0.3) is 0 Å². The van der Waals surface area contributed by atoms with Crippen molar-refractivity contribution in [2.75, 3.05) is 33.4 Å². The largest absolute Gasteiger partial charge is 0.381 e. The molecule has 5 nitrogen and oxygen atoms in total. The molecule has 2 aliphatic heterocycles. The summed E-state index contributed by atoms with van der Waals surface area (Å²) >= 11 is 0. The zero-order valence-corrected chi connectivity index (χ0v) is 13.9. The van der Waals surface area contributed by atoms with E-state index in [4.69, 9.17) is 9.72 Å². The number of hydrogen-bond donors (Lipinski definition) is 0. The number of nitrogens with zero attached hydrogens (tertiary/aromatic N) is 4. The normalized spacial score (nSPS) is 24.3. The monoisotopic (exact) mass is 314 g/mol. The fraction of sp³-hybridized carbons (Fsp3) is 0.667.